The first-order chi connectivity index (χ1) is 14.3. The molecule has 30 heavy (non-hydrogen) atoms. The minimum absolute atomic E-state index is 0.0112. The van der Waals surface area contributed by atoms with Gasteiger partial charge in [-0.15, -0.1) is 0 Å². The lowest BCUT2D eigenvalue weighted by Gasteiger charge is -2.30. The first-order valence-corrected chi connectivity index (χ1v) is 11.3. The van der Waals surface area contributed by atoms with Crippen LogP contribution in [-0.2, 0) is 20.9 Å². The van der Waals surface area contributed by atoms with Gasteiger partial charge in [0.2, 0.25) is 11.8 Å². The second kappa shape index (κ2) is 11.3. The first-order valence-electron chi connectivity index (χ1n) is 11.3. The number of amides is 2. The molecule has 6 heteroatoms. The zero-order chi connectivity index (χ0) is 22.3. The van der Waals surface area contributed by atoms with Crippen LogP contribution in [0.1, 0.15) is 58.9 Å². The van der Waals surface area contributed by atoms with E-state index in [1.54, 1.807) is 0 Å². The Hall–Kier alpha value is -2.08. The summed E-state index contributed by atoms with van der Waals surface area (Å²) in [6.45, 7) is 9.80. The van der Waals surface area contributed by atoms with Crippen LogP contribution in [0, 0.1) is 11.8 Å². The molecule has 1 N–H and O–H groups in total. The number of hydrogen-bond acceptors (Lipinski definition) is 4. The van der Waals surface area contributed by atoms with E-state index in [1.165, 1.54) is 0 Å². The number of anilines is 2. The molecule has 0 aromatic heterocycles. The second-order valence-electron chi connectivity index (χ2n) is 8.75. The van der Waals surface area contributed by atoms with Gasteiger partial charge < -0.3 is 19.9 Å². The third kappa shape index (κ3) is 6.46. The molecule has 0 saturated carbocycles. The fourth-order valence-electron chi connectivity index (χ4n) is 3.88. The Morgan fingerprint density at radius 2 is 1.90 bits per heavy atom. The third-order valence-corrected chi connectivity index (χ3v) is 5.81. The van der Waals surface area contributed by atoms with Gasteiger partial charge in [-0.05, 0) is 49.4 Å². The number of rotatable bonds is 10. The largest absolute Gasteiger partial charge is 0.377 e. The quantitative estimate of drug-likeness (QED) is 0.617. The van der Waals surface area contributed by atoms with Crippen molar-refractivity contribution in [3.8, 4) is 0 Å². The molecule has 1 aliphatic rings. The Bertz CT molecular complexity index is 708. The van der Waals surface area contributed by atoms with E-state index in [0.717, 1.165) is 49.2 Å². The summed E-state index contributed by atoms with van der Waals surface area (Å²) >= 11 is 0. The van der Waals surface area contributed by atoms with Crippen LogP contribution in [0.3, 0.4) is 0 Å². The van der Waals surface area contributed by atoms with Gasteiger partial charge >= 0.3 is 0 Å². The number of benzene rings is 1. The topological polar surface area (TPSA) is 61.9 Å². The van der Waals surface area contributed by atoms with Gasteiger partial charge in [-0.25, -0.2) is 0 Å². The molecule has 0 radical (unpaired) electrons. The van der Waals surface area contributed by atoms with E-state index in [9.17, 15) is 9.59 Å². The predicted octanol–water partition coefficient (Wildman–Crippen LogP) is 4.29. The molecule has 0 aliphatic carbocycles. The first kappa shape index (κ1) is 24.2. The van der Waals surface area contributed by atoms with Crippen molar-refractivity contribution in [1.29, 1.82) is 0 Å². The van der Waals surface area contributed by atoms with Crippen LogP contribution in [0.25, 0.3) is 0 Å². The average Bonchev–Trinajstić information content (AvgIpc) is 3.21. The Kier molecular flexibility index (Phi) is 9.15. The molecular weight excluding hydrogens is 378 g/mol. The molecule has 0 bridgehead atoms. The minimum atomic E-state index is -0.0885. The summed E-state index contributed by atoms with van der Waals surface area (Å²) < 4.78 is 5.84. The molecule has 2 rings (SSSR count). The number of hydrogen-bond donors (Lipinski definition) is 1. The van der Waals surface area contributed by atoms with Crippen LogP contribution in [0.15, 0.2) is 18.2 Å². The minimum Gasteiger partial charge on any atom is -0.377 e. The van der Waals surface area contributed by atoms with Gasteiger partial charge in [0.1, 0.15) is 0 Å². The van der Waals surface area contributed by atoms with Crippen LogP contribution >= 0.6 is 0 Å². The number of ether oxygens (including phenoxy) is 1. The average molecular weight is 418 g/mol. The monoisotopic (exact) mass is 417 g/mol. The van der Waals surface area contributed by atoms with Crippen molar-refractivity contribution in [3.05, 3.63) is 23.8 Å². The van der Waals surface area contributed by atoms with Gasteiger partial charge in [-0.2, -0.15) is 0 Å². The molecule has 1 aromatic rings. The second-order valence-corrected chi connectivity index (χ2v) is 8.75. The van der Waals surface area contributed by atoms with Crippen molar-refractivity contribution < 1.29 is 14.3 Å². The molecule has 1 fully saturated rings. The summed E-state index contributed by atoms with van der Waals surface area (Å²) in [7, 11) is 4.00. The molecule has 1 aromatic carbocycles. The lowest BCUT2D eigenvalue weighted by molar-refractivity contribution is -0.138. The number of nitrogens with zero attached hydrogens (tertiary/aromatic N) is 2. The Balaban J connectivity index is 2.32. The molecule has 1 heterocycles. The van der Waals surface area contributed by atoms with Gasteiger partial charge in [0, 0.05) is 57.0 Å². The van der Waals surface area contributed by atoms with Crippen molar-refractivity contribution in [2.75, 3.05) is 37.5 Å². The highest BCUT2D eigenvalue weighted by molar-refractivity contribution is 5.92. The summed E-state index contributed by atoms with van der Waals surface area (Å²) in [4.78, 5) is 29.5. The molecule has 2 amide bonds. The fourth-order valence-corrected chi connectivity index (χ4v) is 3.88. The highest BCUT2D eigenvalue weighted by atomic mass is 16.5. The van der Waals surface area contributed by atoms with Crippen LogP contribution in [-0.4, -0.2) is 50.1 Å². The molecular formula is C24H39N3O3. The standard InChI is InChI=1S/C24H39N3O3/c1-7-18(8-2)24(29)27(16-21-10-9-13-30-21)15-19-14-20(25-23(28)17(3)4)11-12-22(19)26(5)6/h11-12,14,17-18,21H,7-10,13,15-16H2,1-6H3,(H,25,28)/t21-/m1/s1. The molecule has 1 aliphatic heterocycles. The van der Waals surface area contributed by atoms with E-state index in [2.05, 4.69) is 24.1 Å². The Labute approximate surface area is 182 Å². The van der Waals surface area contributed by atoms with Crippen molar-refractivity contribution in [3.63, 3.8) is 0 Å². The van der Waals surface area contributed by atoms with E-state index in [1.807, 2.05) is 51.0 Å². The SMILES string of the molecule is CCC(CC)C(=O)N(Cc1cc(NC(=O)C(C)C)ccc1N(C)C)C[C@H]1CCCO1. The Morgan fingerprint density at radius 1 is 1.20 bits per heavy atom. The van der Waals surface area contributed by atoms with Crippen molar-refractivity contribution in [2.45, 2.75) is 66.0 Å². The smallest absolute Gasteiger partial charge is 0.226 e. The maximum Gasteiger partial charge on any atom is 0.226 e. The molecule has 0 unspecified atom stereocenters. The van der Waals surface area contributed by atoms with Crippen LogP contribution < -0.4 is 10.2 Å². The fraction of sp³-hybridized carbons (Fsp3) is 0.667. The van der Waals surface area contributed by atoms with Gasteiger partial charge in [0.25, 0.3) is 0 Å². The van der Waals surface area contributed by atoms with Crippen molar-refractivity contribution >= 4 is 23.2 Å². The molecule has 6 nitrogen and oxygen atoms in total. The van der Waals surface area contributed by atoms with Gasteiger partial charge in [-0.3, -0.25) is 9.59 Å². The molecule has 1 atom stereocenters. The van der Waals surface area contributed by atoms with E-state index in [-0.39, 0.29) is 29.8 Å². The summed E-state index contributed by atoms with van der Waals surface area (Å²) in [5.41, 5.74) is 2.84. The maximum atomic E-state index is 13.3. The highest BCUT2D eigenvalue weighted by Gasteiger charge is 2.27. The molecule has 1 saturated heterocycles. The van der Waals surface area contributed by atoms with E-state index >= 15 is 0 Å². The number of carbonyl (C=O) groups is 2. The zero-order valence-corrected chi connectivity index (χ0v) is 19.5. The third-order valence-electron chi connectivity index (χ3n) is 5.81. The van der Waals surface area contributed by atoms with Gasteiger partial charge in [0.05, 0.1) is 6.10 Å². The van der Waals surface area contributed by atoms with Crippen molar-refractivity contribution in [2.24, 2.45) is 11.8 Å². The maximum absolute atomic E-state index is 13.3. The van der Waals surface area contributed by atoms with Gasteiger partial charge in [-0.1, -0.05) is 27.7 Å². The van der Waals surface area contributed by atoms with Crippen LogP contribution in [0.4, 0.5) is 11.4 Å². The lowest BCUT2D eigenvalue weighted by atomic mass is 10.0. The normalized spacial score (nSPS) is 16.2. The van der Waals surface area contributed by atoms with E-state index in [0.29, 0.717) is 13.1 Å². The van der Waals surface area contributed by atoms with Crippen molar-refractivity contribution in [1.82, 2.24) is 4.90 Å². The summed E-state index contributed by atoms with van der Waals surface area (Å²) in [5.74, 6) is 0.118. The van der Waals surface area contributed by atoms with Crippen LogP contribution in [0.2, 0.25) is 0 Å². The summed E-state index contributed by atoms with van der Waals surface area (Å²) in [6, 6.07) is 5.93. The summed E-state index contributed by atoms with van der Waals surface area (Å²) in [5, 5.41) is 2.98. The number of nitrogens with one attached hydrogen (secondary N) is 1. The predicted molar refractivity (Wildman–Crippen MR) is 123 cm³/mol. The lowest BCUT2D eigenvalue weighted by Crippen LogP contribution is -2.40. The number of carbonyl (C=O) groups excluding carboxylic acids is 2. The zero-order valence-electron chi connectivity index (χ0n) is 19.5. The Morgan fingerprint density at radius 3 is 2.43 bits per heavy atom. The molecule has 168 valence electrons. The van der Waals surface area contributed by atoms with Gasteiger partial charge in [0.15, 0.2) is 0 Å². The highest BCUT2D eigenvalue weighted by Crippen LogP contribution is 2.27. The van der Waals surface area contributed by atoms with E-state index in [4.69, 9.17) is 4.74 Å². The van der Waals surface area contributed by atoms with Crippen LogP contribution in [0.5, 0.6) is 0 Å². The molecule has 0 spiro atoms. The van der Waals surface area contributed by atoms with E-state index < -0.39 is 0 Å². The summed E-state index contributed by atoms with van der Waals surface area (Å²) in [6.07, 6.45) is 3.83.